The summed E-state index contributed by atoms with van der Waals surface area (Å²) in [6.07, 6.45) is 0. The molecule has 4 rings (SSSR count). The van der Waals surface area contributed by atoms with E-state index in [9.17, 15) is 9.90 Å². The van der Waals surface area contributed by atoms with E-state index in [2.05, 4.69) is 15.2 Å². The molecule has 0 amide bonds. The van der Waals surface area contributed by atoms with E-state index in [4.69, 9.17) is 9.47 Å². The molecule has 0 atom stereocenters. The van der Waals surface area contributed by atoms with Crippen LogP contribution >= 0.6 is 0 Å². The van der Waals surface area contributed by atoms with Gasteiger partial charge in [-0.1, -0.05) is 0 Å². The van der Waals surface area contributed by atoms with Crippen LogP contribution in [0.1, 0.15) is 17.3 Å². The molecule has 0 saturated heterocycles. The second-order valence-electron chi connectivity index (χ2n) is 6.34. The molecule has 0 bridgehead atoms. The molecule has 2 N–H and O–H groups in total. The first kappa shape index (κ1) is 18.5. The standard InChI is InChI=1S/C22H19N3O4/c1-3-29-16-10-6-14(7-11-16)20-19-17(22(26)27)12-18(23-21(19)25-24-20)13-4-8-15(28-2)9-5-13/h4-12H,3H2,1-2H3,(H,26,27)(H,23,24,25). The highest BCUT2D eigenvalue weighted by Gasteiger charge is 2.19. The van der Waals surface area contributed by atoms with Gasteiger partial charge in [-0.15, -0.1) is 0 Å². The number of carboxylic acids is 1. The average molecular weight is 389 g/mol. The van der Waals surface area contributed by atoms with E-state index in [0.717, 1.165) is 16.9 Å². The lowest BCUT2D eigenvalue weighted by atomic mass is 10.0. The van der Waals surface area contributed by atoms with E-state index in [-0.39, 0.29) is 5.56 Å². The summed E-state index contributed by atoms with van der Waals surface area (Å²) in [5.74, 6) is 0.421. The molecule has 146 valence electrons. The Bertz CT molecular complexity index is 1170. The summed E-state index contributed by atoms with van der Waals surface area (Å²) in [6.45, 7) is 2.50. The van der Waals surface area contributed by atoms with Crippen molar-refractivity contribution in [2.24, 2.45) is 0 Å². The molecule has 7 nitrogen and oxygen atoms in total. The number of aromatic amines is 1. The summed E-state index contributed by atoms with van der Waals surface area (Å²) >= 11 is 0. The molecule has 0 fully saturated rings. The Morgan fingerprint density at radius 3 is 2.31 bits per heavy atom. The van der Waals surface area contributed by atoms with Gasteiger partial charge in [0.2, 0.25) is 0 Å². The molecule has 0 unspecified atom stereocenters. The molecule has 2 heterocycles. The second kappa shape index (κ2) is 7.63. The van der Waals surface area contributed by atoms with E-state index in [1.807, 2.05) is 43.3 Å². The lowest BCUT2D eigenvalue weighted by molar-refractivity contribution is 0.0699. The van der Waals surface area contributed by atoms with Gasteiger partial charge in [0, 0.05) is 11.1 Å². The summed E-state index contributed by atoms with van der Waals surface area (Å²) in [7, 11) is 1.59. The van der Waals surface area contributed by atoms with Crippen molar-refractivity contribution in [2.75, 3.05) is 13.7 Å². The monoisotopic (exact) mass is 389 g/mol. The first-order valence-corrected chi connectivity index (χ1v) is 9.10. The fourth-order valence-electron chi connectivity index (χ4n) is 3.20. The third-order valence-electron chi connectivity index (χ3n) is 4.59. The van der Waals surface area contributed by atoms with E-state index in [1.165, 1.54) is 0 Å². The van der Waals surface area contributed by atoms with Gasteiger partial charge in [-0.25, -0.2) is 9.78 Å². The molecule has 4 aromatic rings. The fourth-order valence-corrected chi connectivity index (χ4v) is 3.20. The quantitative estimate of drug-likeness (QED) is 0.507. The van der Waals surface area contributed by atoms with Crippen molar-refractivity contribution >= 4 is 17.0 Å². The summed E-state index contributed by atoms with van der Waals surface area (Å²) in [6, 6.07) is 16.2. The van der Waals surface area contributed by atoms with Crippen molar-refractivity contribution in [1.29, 1.82) is 0 Å². The smallest absolute Gasteiger partial charge is 0.336 e. The van der Waals surface area contributed by atoms with Crippen LogP contribution in [-0.4, -0.2) is 40.0 Å². The van der Waals surface area contributed by atoms with E-state index in [1.54, 1.807) is 25.3 Å². The van der Waals surface area contributed by atoms with Crippen LogP contribution < -0.4 is 9.47 Å². The van der Waals surface area contributed by atoms with E-state index in [0.29, 0.717) is 34.8 Å². The third kappa shape index (κ3) is 3.50. The number of carbonyl (C=O) groups is 1. The van der Waals surface area contributed by atoms with Gasteiger partial charge < -0.3 is 14.6 Å². The number of H-pyrrole nitrogens is 1. The van der Waals surface area contributed by atoms with E-state index >= 15 is 0 Å². The summed E-state index contributed by atoms with van der Waals surface area (Å²) in [5, 5.41) is 17.5. The Kier molecular flexibility index (Phi) is 4.87. The van der Waals surface area contributed by atoms with Crippen LogP contribution in [-0.2, 0) is 0 Å². The number of carboxylic acid groups (broad SMARTS) is 1. The highest BCUT2D eigenvalue weighted by atomic mass is 16.5. The average Bonchev–Trinajstić information content (AvgIpc) is 3.18. The van der Waals surface area contributed by atoms with Gasteiger partial charge in [0.15, 0.2) is 5.65 Å². The van der Waals surface area contributed by atoms with Gasteiger partial charge in [0.05, 0.1) is 36.1 Å². The zero-order valence-electron chi connectivity index (χ0n) is 16.0. The maximum Gasteiger partial charge on any atom is 0.336 e. The van der Waals surface area contributed by atoms with Crippen molar-refractivity contribution in [3.63, 3.8) is 0 Å². The Morgan fingerprint density at radius 2 is 1.69 bits per heavy atom. The van der Waals surface area contributed by atoms with Gasteiger partial charge in [0.25, 0.3) is 0 Å². The molecule has 2 aromatic carbocycles. The van der Waals surface area contributed by atoms with Crippen LogP contribution in [0.15, 0.2) is 54.6 Å². The summed E-state index contributed by atoms with van der Waals surface area (Å²) in [4.78, 5) is 16.6. The van der Waals surface area contributed by atoms with Crippen LogP contribution in [0.5, 0.6) is 11.5 Å². The van der Waals surface area contributed by atoms with Crippen LogP contribution in [0.2, 0.25) is 0 Å². The number of aromatic nitrogens is 3. The highest BCUT2D eigenvalue weighted by Crippen LogP contribution is 2.32. The van der Waals surface area contributed by atoms with Gasteiger partial charge >= 0.3 is 5.97 Å². The molecule has 0 radical (unpaired) electrons. The maximum atomic E-state index is 12.0. The number of fused-ring (bicyclic) bond motifs is 1. The normalized spacial score (nSPS) is 10.8. The van der Waals surface area contributed by atoms with Crippen LogP contribution in [0.25, 0.3) is 33.5 Å². The Morgan fingerprint density at radius 1 is 1.03 bits per heavy atom. The summed E-state index contributed by atoms with van der Waals surface area (Å²) < 4.78 is 10.6. The number of hydrogen-bond acceptors (Lipinski definition) is 5. The number of nitrogens with one attached hydrogen (secondary N) is 1. The molecule has 29 heavy (non-hydrogen) atoms. The van der Waals surface area contributed by atoms with Crippen molar-refractivity contribution in [2.45, 2.75) is 6.92 Å². The van der Waals surface area contributed by atoms with Crippen LogP contribution in [0.3, 0.4) is 0 Å². The number of hydrogen-bond donors (Lipinski definition) is 2. The summed E-state index contributed by atoms with van der Waals surface area (Å²) in [5.41, 5.74) is 3.20. The third-order valence-corrected chi connectivity index (χ3v) is 4.59. The number of ether oxygens (including phenoxy) is 2. The molecule has 0 aliphatic heterocycles. The highest BCUT2D eigenvalue weighted by molar-refractivity contribution is 6.08. The minimum absolute atomic E-state index is 0.137. The first-order valence-electron chi connectivity index (χ1n) is 9.10. The van der Waals surface area contributed by atoms with Crippen molar-refractivity contribution < 1.29 is 19.4 Å². The van der Waals surface area contributed by atoms with Gasteiger partial charge in [-0.3, -0.25) is 5.10 Å². The number of benzene rings is 2. The fraction of sp³-hybridized carbons (Fsp3) is 0.136. The predicted octanol–water partition coefficient (Wildman–Crippen LogP) is 4.40. The van der Waals surface area contributed by atoms with Crippen molar-refractivity contribution in [3.05, 3.63) is 60.2 Å². The number of aromatic carboxylic acids is 1. The van der Waals surface area contributed by atoms with Gasteiger partial charge in [-0.2, -0.15) is 5.10 Å². The molecular formula is C22H19N3O4. The molecule has 0 aliphatic carbocycles. The van der Waals surface area contributed by atoms with E-state index < -0.39 is 5.97 Å². The Balaban J connectivity index is 1.83. The molecule has 2 aromatic heterocycles. The molecule has 0 spiro atoms. The molecule has 0 aliphatic rings. The zero-order chi connectivity index (χ0) is 20.4. The second-order valence-corrected chi connectivity index (χ2v) is 6.34. The largest absolute Gasteiger partial charge is 0.497 e. The number of nitrogens with zero attached hydrogens (tertiary/aromatic N) is 2. The topological polar surface area (TPSA) is 97.3 Å². The Labute approximate surface area is 166 Å². The van der Waals surface area contributed by atoms with Gasteiger partial charge in [-0.05, 0) is 61.5 Å². The minimum atomic E-state index is -1.04. The molecule has 0 saturated carbocycles. The zero-order valence-corrected chi connectivity index (χ0v) is 16.0. The molecule has 7 heteroatoms. The van der Waals surface area contributed by atoms with Crippen LogP contribution in [0.4, 0.5) is 0 Å². The first-order chi connectivity index (χ1) is 14.1. The lowest BCUT2D eigenvalue weighted by Gasteiger charge is -2.07. The minimum Gasteiger partial charge on any atom is -0.497 e. The maximum absolute atomic E-state index is 12.0. The number of rotatable bonds is 6. The number of pyridine rings is 1. The lowest BCUT2D eigenvalue weighted by Crippen LogP contribution is -2.00. The Hall–Kier alpha value is -3.87. The van der Waals surface area contributed by atoms with Gasteiger partial charge in [0.1, 0.15) is 11.5 Å². The van der Waals surface area contributed by atoms with Crippen molar-refractivity contribution in [1.82, 2.24) is 15.2 Å². The number of methoxy groups -OCH3 is 1. The molecular weight excluding hydrogens is 370 g/mol. The van der Waals surface area contributed by atoms with Crippen LogP contribution in [0, 0.1) is 0 Å². The van der Waals surface area contributed by atoms with Crippen molar-refractivity contribution in [3.8, 4) is 34.0 Å². The SMILES string of the molecule is CCOc1ccc(-c2[nH]nc3nc(-c4ccc(OC)cc4)cc(C(=O)O)c23)cc1. The predicted molar refractivity (Wildman–Crippen MR) is 109 cm³/mol.